The largest absolute Gasteiger partial charge is 0.360 e. The molecule has 5 rings (SSSR count). The van der Waals surface area contributed by atoms with Crippen LogP contribution in [0, 0.1) is 5.92 Å². The minimum atomic E-state index is -0.924. The van der Waals surface area contributed by atoms with E-state index in [1.165, 1.54) is 5.56 Å². The van der Waals surface area contributed by atoms with Gasteiger partial charge in [0.05, 0.1) is 6.61 Å². The van der Waals surface area contributed by atoms with Crippen LogP contribution in [-0.2, 0) is 16.9 Å². The molecule has 35 heavy (non-hydrogen) atoms. The third-order valence-corrected chi connectivity index (χ3v) is 7.06. The fraction of sp³-hybridized carbons (Fsp3) is 0.250. The summed E-state index contributed by atoms with van der Waals surface area (Å²) in [7, 11) is 0. The van der Waals surface area contributed by atoms with E-state index in [2.05, 4.69) is 53.4 Å². The first-order chi connectivity index (χ1) is 17.3. The smallest absolute Gasteiger partial charge is 0.143 e. The van der Waals surface area contributed by atoms with Crippen molar-refractivity contribution in [2.24, 2.45) is 5.92 Å². The average Bonchev–Trinajstić information content (AvgIpc) is 2.92. The number of hydrogen-bond acceptors (Lipinski definition) is 2. The lowest BCUT2D eigenvalue weighted by atomic mass is 9.80. The monoisotopic (exact) mass is 465 g/mol. The highest BCUT2D eigenvalue weighted by atomic mass is 19.1. The Morgan fingerprint density at radius 3 is 1.60 bits per heavy atom. The van der Waals surface area contributed by atoms with Crippen molar-refractivity contribution in [3.63, 3.8) is 0 Å². The summed E-state index contributed by atoms with van der Waals surface area (Å²) in [5.41, 5.74) is 3.58. The number of nitrogens with zero attached hydrogens (tertiary/aromatic N) is 1. The lowest BCUT2D eigenvalue weighted by molar-refractivity contribution is -0.0433. The molecule has 0 radical (unpaired) electrons. The molecule has 1 saturated heterocycles. The molecule has 2 atom stereocenters. The number of halogens is 1. The fourth-order valence-corrected chi connectivity index (χ4v) is 5.19. The first-order valence-corrected chi connectivity index (χ1v) is 12.5. The summed E-state index contributed by atoms with van der Waals surface area (Å²) in [6.07, 6.45) is -0.143. The molecule has 0 saturated carbocycles. The van der Waals surface area contributed by atoms with Gasteiger partial charge in [0.2, 0.25) is 0 Å². The third-order valence-electron chi connectivity index (χ3n) is 7.06. The molecule has 4 aromatic rings. The lowest BCUT2D eigenvalue weighted by Gasteiger charge is -2.39. The van der Waals surface area contributed by atoms with Crippen LogP contribution in [0.5, 0.6) is 0 Å². The minimum absolute atomic E-state index is 0.141. The van der Waals surface area contributed by atoms with Crippen molar-refractivity contribution in [2.45, 2.75) is 24.7 Å². The van der Waals surface area contributed by atoms with Gasteiger partial charge in [0, 0.05) is 19.0 Å². The molecule has 0 unspecified atom stereocenters. The Kier molecular flexibility index (Phi) is 7.37. The Bertz CT molecular complexity index is 1070. The van der Waals surface area contributed by atoms with Gasteiger partial charge in [-0.25, -0.2) is 4.39 Å². The van der Waals surface area contributed by atoms with E-state index in [0.717, 1.165) is 36.2 Å². The van der Waals surface area contributed by atoms with Gasteiger partial charge in [-0.05, 0) is 35.2 Å². The summed E-state index contributed by atoms with van der Waals surface area (Å²) in [6.45, 7) is 2.46. The highest BCUT2D eigenvalue weighted by Gasteiger charge is 2.39. The van der Waals surface area contributed by atoms with Crippen molar-refractivity contribution in [2.75, 3.05) is 19.7 Å². The van der Waals surface area contributed by atoms with Gasteiger partial charge in [0.1, 0.15) is 11.8 Å². The number of ether oxygens (including phenoxy) is 1. The SMILES string of the molecule is F[C@H]1CN(Cc2ccccc2)CC[C@@H]1COC(c1ccccc1)(c1ccccc1)c1ccccc1. The van der Waals surface area contributed by atoms with Crippen molar-refractivity contribution < 1.29 is 9.13 Å². The minimum Gasteiger partial charge on any atom is -0.360 e. The van der Waals surface area contributed by atoms with Crippen LogP contribution in [-0.4, -0.2) is 30.8 Å². The summed E-state index contributed by atoms with van der Waals surface area (Å²) in [6, 6.07) is 41.3. The van der Waals surface area contributed by atoms with Crippen LogP contribution < -0.4 is 0 Å². The van der Waals surface area contributed by atoms with E-state index >= 15 is 4.39 Å². The van der Waals surface area contributed by atoms with Crippen molar-refractivity contribution in [3.8, 4) is 0 Å². The number of hydrogen-bond donors (Lipinski definition) is 0. The van der Waals surface area contributed by atoms with E-state index < -0.39 is 11.8 Å². The zero-order chi connectivity index (χ0) is 23.9. The van der Waals surface area contributed by atoms with E-state index in [1.807, 2.05) is 72.8 Å². The second-order valence-corrected chi connectivity index (χ2v) is 9.38. The number of likely N-dealkylation sites (tertiary alicyclic amines) is 1. The molecule has 0 aliphatic carbocycles. The van der Waals surface area contributed by atoms with Gasteiger partial charge < -0.3 is 4.74 Å². The topological polar surface area (TPSA) is 12.5 Å². The Labute approximate surface area is 208 Å². The van der Waals surface area contributed by atoms with Gasteiger partial charge in [0.15, 0.2) is 0 Å². The van der Waals surface area contributed by atoms with Gasteiger partial charge >= 0.3 is 0 Å². The second-order valence-electron chi connectivity index (χ2n) is 9.38. The molecular formula is C32H32FNO. The summed E-state index contributed by atoms with van der Waals surface area (Å²) in [4.78, 5) is 2.22. The molecule has 3 heteroatoms. The highest BCUT2D eigenvalue weighted by Crippen LogP contribution is 2.41. The quantitative estimate of drug-likeness (QED) is 0.264. The van der Waals surface area contributed by atoms with Crippen LogP contribution in [0.1, 0.15) is 28.7 Å². The standard InChI is InChI=1S/C32H32FNO/c33-31-24-34(23-26-13-5-1-6-14-26)22-21-27(31)25-35-32(28-15-7-2-8-16-28,29-17-9-3-10-18-29)30-19-11-4-12-20-30/h1-20,27,31H,21-25H2/t27-,31+/m1/s1. The molecule has 4 aromatic carbocycles. The maximum Gasteiger partial charge on any atom is 0.143 e. The average molecular weight is 466 g/mol. The Hall–Kier alpha value is -3.27. The second kappa shape index (κ2) is 11.0. The predicted octanol–water partition coefficient (Wildman–Crippen LogP) is 6.86. The molecule has 1 aliphatic heterocycles. The van der Waals surface area contributed by atoms with E-state index in [4.69, 9.17) is 4.74 Å². The normalized spacial score (nSPS) is 18.9. The Morgan fingerprint density at radius 1 is 0.686 bits per heavy atom. The lowest BCUT2D eigenvalue weighted by Crippen LogP contribution is -2.44. The molecule has 0 aromatic heterocycles. The van der Waals surface area contributed by atoms with Crippen LogP contribution in [0.25, 0.3) is 0 Å². The van der Waals surface area contributed by atoms with E-state index in [-0.39, 0.29) is 5.92 Å². The maximum atomic E-state index is 15.5. The number of alkyl halides is 1. The van der Waals surface area contributed by atoms with Crippen LogP contribution in [0.4, 0.5) is 4.39 Å². The molecule has 2 nitrogen and oxygen atoms in total. The van der Waals surface area contributed by atoms with Crippen LogP contribution in [0.2, 0.25) is 0 Å². The predicted molar refractivity (Wildman–Crippen MR) is 140 cm³/mol. The third kappa shape index (κ3) is 5.22. The molecular weight excluding hydrogens is 433 g/mol. The number of benzene rings is 4. The Balaban J connectivity index is 1.40. The zero-order valence-corrected chi connectivity index (χ0v) is 20.0. The highest BCUT2D eigenvalue weighted by molar-refractivity contribution is 5.47. The molecule has 1 fully saturated rings. The van der Waals surface area contributed by atoms with E-state index in [9.17, 15) is 0 Å². The van der Waals surface area contributed by atoms with E-state index in [0.29, 0.717) is 13.2 Å². The molecule has 0 N–H and O–H groups in total. The number of rotatable bonds is 8. The molecule has 178 valence electrons. The van der Waals surface area contributed by atoms with Crippen molar-refractivity contribution >= 4 is 0 Å². The summed E-state index contributed by atoms with van der Waals surface area (Å²) in [5, 5.41) is 0. The molecule has 0 amide bonds. The van der Waals surface area contributed by atoms with Gasteiger partial charge in [-0.1, -0.05) is 121 Å². The first-order valence-electron chi connectivity index (χ1n) is 12.5. The van der Waals surface area contributed by atoms with Crippen LogP contribution >= 0.6 is 0 Å². The summed E-state index contributed by atoms with van der Waals surface area (Å²) < 4.78 is 22.4. The molecule has 1 aliphatic rings. The molecule has 0 bridgehead atoms. The van der Waals surface area contributed by atoms with Gasteiger partial charge in [-0.3, -0.25) is 4.90 Å². The fourth-order valence-electron chi connectivity index (χ4n) is 5.19. The van der Waals surface area contributed by atoms with Gasteiger partial charge in [-0.15, -0.1) is 0 Å². The number of piperidine rings is 1. The summed E-state index contributed by atoms with van der Waals surface area (Å²) in [5.74, 6) is -0.141. The Morgan fingerprint density at radius 2 is 1.14 bits per heavy atom. The van der Waals surface area contributed by atoms with Gasteiger partial charge in [-0.2, -0.15) is 0 Å². The van der Waals surface area contributed by atoms with Gasteiger partial charge in [0.25, 0.3) is 0 Å². The van der Waals surface area contributed by atoms with Crippen molar-refractivity contribution in [1.82, 2.24) is 4.90 Å². The van der Waals surface area contributed by atoms with Crippen molar-refractivity contribution in [3.05, 3.63) is 144 Å². The van der Waals surface area contributed by atoms with E-state index in [1.54, 1.807) is 0 Å². The first kappa shape index (κ1) is 23.5. The van der Waals surface area contributed by atoms with Crippen LogP contribution in [0.15, 0.2) is 121 Å². The zero-order valence-electron chi connectivity index (χ0n) is 20.0. The molecule has 0 spiro atoms. The van der Waals surface area contributed by atoms with Crippen molar-refractivity contribution in [1.29, 1.82) is 0 Å². The summed E-state index contributed by atoms with van der Waals surface area (Å²) >= 11 is 0. The van der Waals surface area contributed by atoms with Crippen LogP contribution in [0.3, 0.4) is 0 Å². The maximum absolute atomic E-state index is 15.5. The molecule has 1 heterocycles.